The van der Waals surface area contributed by atoms with Crippen molar-refractivity contribution in [1.82, 2.24) is 10.2 Å². The smallest absolute Gasteiger partial charge is 0.329 e. The molecule has 1 heterocycles. The maximum atomic E-state index is 12.9. The number of carbonyl (C=O) groups is 3. The number of nitrogens with zero attached hydrogens (tertiary/aromatic N) is 1. The zero-order valence-corrected chi connectivity index (χ0v) is 16.5. The minimum atomic E-state index is -1.28. The highest BCUT2D eigenvalue weighted by molar-refractivity contribution is 14.1. The zero-order valence-electron chi connectivity index (χ0n) is 14.3. The number of carboxylic acid groups (broad SMARTS) is 1. The van der Waals surface area contributed by atoms with E-state index in [1.54, 1.807) is 30.3 Å². The van der Waals surface area contributed by atoms with Crippen molar-refractivity contribution < 1.29 is 28.6 Å². The Kier molecular flexibility index (Phi) is 5.93. The van der Waals surface area contributed by atoms with Gasteiger partial charge in [0.05, 0.1) is 3.57 Å². The summed E-state index contributed by atoms with van der Waals surface area (Å²) in [5.41, 5.74) is 1.46. The molecule has 7 nitrogen and oxygen atoms in total. The van der Waals surface area contributed by atoms with Gasteiger partial charge in [0.25, 0.3) is 5.91 Å². The number of imide groups is 1. The third kappa shape index (κ3) is 4.66. The molecule has 2 aromatic rings. The molecule has 1 aliphatic heterocycles. The second-order valence-corrected chi connectivity index (χ2v) is 7.04. The van der Waals surface area contributed by atoms with Gasteiger partial charge >= 0.3 is 12.0 Å². The normalized spacial score (nSPS) is 15.1. The summed E-state index contributed by atoms with van der Waals surface area (Å²) in [5, 5.41) is 11.1. The number of urea groups is 1. The third-order valence-corrected chi connectivity index (χ3v) is 4.67. The number of hydrogen-bond acceptors (Lipinski definition) is 4. The molecule has 1 fully saturated rings. The van der Waals surface area contributed by atoms with E-state index in [0.717, 1.165) is 9.13 Å². The molecule has 0 spiro atoms. The predicted molar refractivity (Wildman–Crippen MR) is 106 cm³/mol. The highest BCUT2D eigenvalue weighted by atomic mass is 127. The fraction of sp³-hybridized carbons (Fsp3) is 0.105. The quantitative estimate of drug-likeness (QED) is 0.365. The van der Waals surface area contributed by atoms with E-state index < -0.39 is 24.5 Å². The van der Waals surface area contributed by atoms with Gasteiger partial charge in [-0.05, 0) is 64.1 Å². The molecule has 1 saturated heterocycles. The number of ether oxygens (including phenoxy) is 1. The Morgan fingerprint density at radius 2 is 1.93 bits per heavy atom. The molecule has 0 aromatic heterocycles. The van der Waals surface area contributed by atoms with E-state index >= 15 is 0 Å². The van der Waals surface area contributed by atoms with Crippen molar-refractivity contribution in [2.24, 2.45) is 0 Å². The SMILES string of the molecule is O=C(O)CN1C(=O)N/C(=C/c2ccc(OCc3ccc(F)cc3)c(I)c2)C1=O. The van der Waals surface area contributed by atoms with Crippen LogP contribution in [0.1, 0.15) is 11.1 Å². The number of amides is 3. The molecule has 0 saturated carbocycles. The van der Waals surface area contributed by atoms with Crippen molar-refractivity contribution in [2.45, 2.75) is 6.61 Å². The second kappa shape index (κ2) is 8.38. The third-order valence-electron chi connectivity index (χ3n) is 3.83. The van der Waals surface area contributed by atoms with Crippen molar-refractivity contribution in [1.29, 1.82) is 0 Å². The van der Waals surface area contributed by atoms with Crippen molar-refractivity contribution in [3.05, 3.63) is 68.7 Å². The largest absolute Gasteiger partial charge is 0.488 e. The summed E-state index contributed by atoms with van der Waals surface area (Å²) in [4.78, 5) is 35.2. The number of halogens is 2. The van der Waals surface area contributed by atoms with Gasteiger partial charge < -0.3 is 15.2 Å². The summed E-state index contributed by atoms with van der Waals surface area (Å²) < 4.78 is 19.4. The molecule has 0 radical (unpaired) electrons. The topological polar surface area (TPSA) is 95.9 Å². The lowest BCUT2D eigenvalue weighted by Gasteiger charge is -2.09. The molecule has 3 amide bonds. The number of aliphatic carboxylic acids is 1. The van der Waals surface area contributed by atoms with Gasteiger partial charge in [-0.25, -0.2) is 14.1 Å². The molecule has 0 atom stereocenters. The van der Waals surface area contributed by atoms with Crippen LogP contribution in [0.25, 0.3) is 6.08 Å². The van der Waals surface area contributed by atoms with Gasteiger partial charge in [-0.2, -0.15) is 0 Å². The Morgan fingerprint density at radius 3 is 2.57 bits per heavy atom. The second-order valence-electron chi connectivity index (χ2n) is 5.88. The first-order valence-corrected chi connectivity index (χ1v) is 9.14. The number of rotatable bonds is 6. The summed E-state index contributed by atoms with van der Waals surface area (Å²) in [6.07, 6.45) is 1.47. The van der Waals surface area contributed by atoms with E-state index in [1.807, 2.05) is 0 Å². The van der Waals surface area contributed by atoms with Crippen LogP contribution in [0.2, 0.25) is 0 Å². The molecule has 3 rings (SSSR count). The predicted octanol–water partition coefficient (Wildman–Crippen LogP) is 2.99. The molecular formula is C19H14FIN2O5. The van der Waals surface area contributed by atoms with Crippen molar-refractivity contribution in [2.75, 3.05) is 6.54 Å². The monoisotopic (exact) mass is 496 g/mol. The summed E-state index contributed by atoms with van der Waals surface area (Å²) >= 11 is 2.08. The highest BCUT2D eigenvalue weighted by Crippen LogP contribution is 2.25. The Hall–Kier alpha value is -2.95. The van der Waals surface area contributed by atoms with Crippen molar-refractivity contribution >= 4 is 46.6 Å². The molecule has 0 bridgehead atoms. The van der Waals surface area contributed by atoms with Gasteiger partial charge in [-0.15, -0.1) is 0 Å². The number of carboxylic acids is 1. The molecule has 1 aliphatic rings. The van der Waals surface area contributed by atoms with E-state index in [9.17, 15) is 18.8 Å². The van der Waals surface area contributed by atoms with Gasteiger partial charge in [-0.1, -0.05) is 18.2 Å². The van der Waals surface area contributed by atoms with Crippen molar-refractivity contribution in [3.63, 3.8) is 0 Å². The van der Waals surface area contributed by atoms with Crippen LogP contribution in [0.15, 0.2) is 48.2 Å². The number of hydrogen-bond donors (Lipinski definition) is 2. The molecule has 0 unspecified atom stereocenters. The first kappa shape index (κ1) is 19.8. The molecule has 9 heteroatoms. The molecular weight excluding hydrogens is 482 g/mol. The molecule has 2 N–H and O–H groups in total. The van der Waals surface area contributed by atoms with Crippen LogP contribution >= 0.6 is 22.6 Å². The van der Waals surface area contributed by atoms with Crippen LogP contribution in [-0.2, 0) is 16.2 Å². The number of benzene rings is 2. The zero-order chi connectivity index (χ0) is 20.3. The Bertz CT molecular complexity index is 975. The Morgan fingerprint density at radius 1 is 1.21 bits per heavy atom. The summed E-state index contributed by atoms with van der Waals surface area (Å²) in [5.74, 6) is -1.67. The van der Waals surface area contributed by atoms with Crippen LogP contribution in [0, 0.1) is 9.39 Å². The van der Waals surface area contributed by atoms with Gasteiger partial charge in [0.1, 0.15) is 30.4 Å². The molecule has 0 aliphatic carbocycles. The lowest BCUT2D eigenvalue weighted by atomic mass is 10.2. The van der Waals surface area contributed by atoms with Gasteiger partial charge in [-0.3, -0.25) is 9.59 Å². The molecule has 28 heavy (non-hydrogen) atoms. The van der Waals surface area contributed by atoms with E-state index in [2.05, 4.69) is 27.9 Å². The van der Waals surface area contributed by atoms with Crippen LogP contribution < -0.4 is 10.1 Å². The van der Waals surface area contributed by atoms with Crippen LogP contribution in [-0.4, -0.2) is 34.5 Å². The van der Waals surface area contributed by atoms with Crippen LogP contribution in [0.3, 0.4) is 0 Å². The molecule has 144 valence electrons. The van der Waals surface area contributed by atoms with Crippen LogP contribution in [0.5, 0.6) is 5.75 Å². The Labute approximate surface area is 172 Å². The summed E-state index contributed by atoms with van der Waals surface area (Å²) in [6, 6.07) is 10.4. The van der Waals surface area contributed by atoms with Gasteiger partial charge in [0, 0.05) is 0 Å². The van der Waals surface area contributed by atoms with E-state index in [4.69, 9.17) is 9.84 Å². The lowest BCUT2D eigenvalue weighted by Crippen LogP contribution is -2.35. The maximum Gasteiger partial charge on any atom is 0.329 e. The fourth-order valence-corrected chi connectivity index (χ4v) is 3.18. The summed E-state index contributed by atoms with van der Waals surface area (Å²) in [6.45, 7) is -0.425. The highest BCUT2D eigenvalue weighted by Gasteiger charge is 2.34. The van der Waals surface area contributed by atoms with Crippen LogP contribution in [0.4, 0.5) is 9.18 Å². The fourth-order valence-electron chi connectivity index (χ4n) is 2.48. The first-order chi connectivity index (χ1) is 13.3. The minimum absolute atomic E-state index is 0.00188. The molecule has 2 aromatic carbocycles. The van der Waals surface area contributed by atoms with Crippen molar-refractivity contribution in [3.8, 4) is 5.75 Å². The number of carbonyl (C=O) groups excluding carboxylic acids is 2. The minimum Gasteiger partial charge on any atom is -0.488 e. The Balaban J connectivity index is 1.71. The van der Waals surface area contributed by atoms with E-state index in [-0.39, 0.29) is 18.1 Å². The lowest BCUT2D eigenvalue weighted by molar-refractivity contribution is -0.140. The maximum absolute atomic E-state index is 12.9. The first-order valence-electron chi connectivity index (χ1n) is 8.06. The standard InChI is InChI=1S/C19H14FIN2O5/c20-13-4-1-11(2-5-13)10-28-16-6-3-12(7-14(16)21)8-15-18(26)23(9-17(24)25)19(27)22-15/h1-8H,9-10H2,(H,22,27)(H,24,25)/b15-8+. The average molecular weight is 496 g/mol. The van der Waals surface area contributed by atoms with Gasteiger partial charge in [0.2, 0.25) is 0 Å². The number of nitrogens with one attached hydrogen (secondary N) is 1. The van der Waals surface area contributed by atoms with E-state index in [1.165, 1.54) is 18.2 Å². The summed E-state index contributed by atoms with van der Waals surface area (Å²) in [7, 11) is 0. The van der Waals surface area contributed by atoms with E-state index in [0.29, 0.717) is 16.2 Å². The average Bonchev–Trinajstić information content (AvgIpc) is 2.89. The van der Waals surface area contributed by atoms with Gasteiger partial charge in [0.15, 0.2) is 0 Å².